The minimum absolute atomic E-state index is 0.0180. The number of benzene rings is 3. The van der Waals surface area contributed by atoms with Crippen LogP contribution in [-0.4, -0.2) is 71.6 Å². The Morgan fingerprint density at radius 2 is 1.67 bits per heavy atom. The van der Waals surface area contributed by atoms with Crippen molar-refractivity contribution in [1.29, 1.82) is 0 Å². The van der Waals surface area contributed by atoms with Gasteiger partial charge in [-0.1, -0.05) is 73.5 Å². The molecular formula is C41H41N6O10S+. The number of fused-ring (bicyclic) bond motifs is 1. The first-order chi connectivity index (χ1) is 27.8. The van der Waals surface area contributed by atoms with Crippen LogP contribution in [0.15, 0.2) is 113 Å². The molecule has 0 saturated heterocycles. The first-order valence-corrected chi connectivity index (χ1v) is 19.5. The Labute approximate surface area is 334 Å². The van der Waals surface area contributed by atoms with E-state index in [0.29, 0.717) is 49.1 Å². The summed E-state index contributed by atoms with van der Waals surface area (Å²) in [6.07, 6.45) is 2.25. The quantitative estimate of drug-likeness (QED) is 0.0218. The molecule has 17 heteroatoms. The third kappa shape index (κ3) is 10.6. The van der Waals surface area contributed by atoms with E-state index in [1.165, 1.54) is 48.2 Å². The lowest BCUT2D eigenvalue weighted by atomic mass is 9.86. The lowest BCUT2D eigenvalue weighted by molar-refractivity contribution is -0.580. The fraction of sp³-hybridized carbons (Fsp3) is 0.220. The van der Waals surface area contributed by atoms with E-state index < -0.39 is 39.5 Å². The van der Waals surface area contributed by atoms with Gasteiger partial charge in [-0.25, -0.2) is 14.8 Å². The highest BCUT2D eigenvalue weighted by Gasteiger charge is 2.32. The Kier molecular flexibility index (Phi) is 12.8. The van der Waals surface area contributed by atoms with Gasteiger partial charge >= 0.3 is 5.97 Å². The van der Waals surface area contributed by atoms with Crippen molar-refractivity contribution in [2.45, 2.75) is 44.2 Å². The van der Waals surface area contributed by atoms with Gasteiger partial charge in [-0.15, -0.1) is 0 Å². The molecule has 6 rings (SSSR count). The van der Waals surface area contributed by atoms with Crippen molar-refractivity contribution in [2.75, 3.05) is 13.4 Å². The van der Waals surface area contributed by atoms with Crippen molar-refractivity contribution in [1.82, 2.24) is 20.6 Å². The van der Waals surface area contributed by atoms with Gasteiger partial charge in [-0.3, -0.25) is 14.1 Å². The second-order valence-electron chi connectivity index (χ2n) is 13.8. The molecule has 2 amide bonds. The Balaban J connectivity index is 0.998. The molecule has 0 saturated carbocycles. The second kappa shape index (κ2) is 18.1. The molecule has 1 aliphatic rings. The van der Waals surface area contributed by atoms with Crippen LogP contribution in [0.5, 0.6) is 17.4 Å². The summed E-state index contributed by atoms with van der Waals surface area (Å²) in [6, 6.07) is 27.9. The smallest absolute Gasteiger partial charge is 0.347 e. The summed E-state index contributed by atoms with van der Waals surface area (Å²) in [5, 5.41) is 18.6. The average Bonchev–Trinajstić information content (AvgIpc) is 3.69. The molecule has 1 aliphatic heterocycles. The summed E-state index contributed by atoms with van der Waals surface area (Å²) in [4.78, 5) is 46.8. The number of aliphatic carboxylic acids is 1. The lowest BCUT2D eigenvalue weighted by Crippen LogP contribution is -2.71. The number of nitrogens with zero attached hydrogens (tertiary/aromatic N) is 3. The first kappa shape index (κ1) is 41.0. The van der Waals surface area contributed by atoms with E-state index in [-0.39, 0.29) is 22.8 Å². The van der Waals surface area contributed by atoms with Gasteiger partial charge in [0.2, 0.25) is 24.7 Å². The third-order valence-corrected chi connectivity index (χ3v) is 10.0. The molecule has 3 aromatic carbocycles. The number of nitrogens with two attached hydrogens (primary N) is 1. The van der Waals surface area contributed by atoms with E-state index >= 15 is 0 Å². The zero-order chi connectivity index (χ0) is 41.3. The summed E-state index contributed by atoms with van der Waals surface area (Å²) in [7, 11) is -4.45. The maximum atomic E-state index is 13.3. The molecule has 0 aliphatic carbocycles. The Hall–Kier alpha value is -6.69. The molecule has 300 valence electrons. The van der Waals surface area contributed by atoms with Crippen LogP contribution in [0.4, 0.5) is 5.82 Å². The maximum Gasteiger partial charge on any atom is 0.347 e. The van der Waals surface area contributed by atoms with Gasteiger partial charge in [0, 0.05) is 34.9 Å². The highest BCUT2D eigenvalue weighted by atomic mass is 32.2. The molecule has 1 unspecified atom stereocenters. The number of quaternary nitrogens is 1. The van der Waals surface area contributed by atoms with E-state index in [1.807, 2.05) is 60.7 Å². The molecule has 0 bridgehead atoms. The molecule has 58 heavy (non-hydrogen) atoms. The van der Waals surface area contributed by atoms with Crippen LogP contribution in [0.3, 0.4) is 0 Å². The summed E-state index contributed by atoms with van der Waals surface area (Å²) in [5.74, 6) is -0.742. The van der Waals surface area contributed by atoms with Crippen LogP contribution in [0, 0.1) is 5.41 Å². The number of carbonyl (C=O) groups excluding carboxylic acids is 2. The maximum absolute atomic E-state index is 13.3. The van der Waals surface area contributed by atoms with E-state index in [9.17, 15) is 32.5 Å². The van der Waals surface area contributed by atoms with E-state index in [2.05, 4.69) is 20.7 Å². The van der Waals surface area contributed by atoms with Gasteiger partial charge in [0.15, 0.2) is 11.5 Å². The Morgan fingerprint density at radius 1 is 0.914 bits per heavy atom. The van der Waals surface area contributed by atoms with Crippen molar-refractivity contribution in [2.24, 2.45) is 10.5 Å². The number of carboxylic acids is 1. The molecule has 2 aromatic heterocycles. The molecule has 1 atom stereocenters. The Bertz CT molecular complexity index is 2430. The lowest BCUT2D eigenvalue weighted by Gasteiger charge is -2.26. The molecule has 6 N–H and O–H groups in total. The van der Waals surface area contributed by atoms with Gasteiger partial charge in [-0.05, 0) is 60.7 Å². The van der Waals surface area contributed by atoms with Gasteiger partial charge in [0.1, 0.15) is 4.90 Å². The summed E-state index contributed by atoms with van der Waals surface area (Å²) < 4.78 is 49.7. The standard InChI is InChI=1S/C41H40N6O10S/c1-41(2,18-8-9-19-55-36-22-30(20-31(44-36)26-10-4-3-5-11-26)27-14-16-32-33(21-27)57-25-56-32)40(51)46-37(39(49)50)45-38(48)29-15-17-35(42-23-29)47-43-24-28-12-6-7-13-34(28)58(52,53)54/h3-7,10-17,20-24,37H,8-9,18-19,25H2,1-2H3,(H,42,47)(H,45,48)(H,46,51)(H,49,50)(H,52,53,54)/p+1. The number of hydrogen-bond donors (Lipinski definition) is 5. The van der Waals surface area contributed by atoms with Gasteiger partial charge in [-0.2, -0.15) is 13.8 Å². The van der Waals surface area contributed by atoms with Crippen LogP contribution >= 0.6 is 0 Å². The van der Waals surface area contributed by atoms with E-state index in [0.717, 1.165) is 22.4 Å². The van der Waals surface area contributed by atoms with Crippen molar-refractivity contribution in [3.63, 3.8) is 0 Å². The van der Waals surface area contributed by atoms with Crippen LogP contribution < -0.4 is 30.3 Å². The highest BCUT2D eigenvalue weighted by molar-refractivity contribution is 7.86. The fourth-order valence-corrected chi connectivity index (χ4v) is 6.54. The third-order valence-electron chi connectivity index (χ3n) is 9.10. The molecule has 0 fully saturated rings. The largest absolute Gasteiger partial charge is 0.478 e. The molecule has 0 radical (unpaired) electrons. The van der Waals surface area contributed by atoms with Crippen LogP contribution in [-0.2, 0) is 19.7 Å². The first-order valence-electron chi connectivity index (χ1n) is 18.1. The number of aromatic nitrogens is 2. The van der Waals surface area contributed by atoms with E-state index in [1.54, 1.807) is 19.9 Å². The number of nitrogens with one attached hydrogen (secondary N) is 2. The number of carboxylic acid groups (broad SMARTS) is 1. The highest BCUT2D eigenvalue weighted by Crippen LogP contribution is 2.37. The molecule has 3 heterocycles. The molecule has 5 aromatic rings. The van der Waals surface area contributed by atoms with Gasteiger partial charge in [0.25, 0.3) is 21.8 Å². The average molecular weight is 810 g/mol. The fourth-order valence-electron chi connectivity index (χ4n) is 5.87. The number of amides is 2. The van der Waals surface area contributed by atoms with Crippen molar-refractivity contribution >= 4 is 39.9 Å². The summed E-state index contributed by atoms with van der Waals surface area (Å²) in [5.41, 5.74) is 3.95. The topological polar surface area (TPSA) is 232 Å². The van der Waals surface area contributed by atoms with Crippen LogP contribution in [0.2, 0.25) is 0 Å². The van der Waals surface area contributed by atoms with Crippen molar-refractivity contribution < 1.29 is 52.1 Å². The predicted molar refractivity (Wildman–Crippen MR) is 211 cm³/mol. The number of unbranched alkanes of at least 4 members (excludes halogenated alkanes) is 1. The number of pyridine rings is 2. The Morgan fingerprint density at radius 3 is 2.41 bits per heavy atom. The molecule has 16 nitrogen and oxygen atoms in total. The van der Waals surface area contributed by atoms with Crippen LogP contribution in [0.25, 0.3) is 22.4 Å². The summed E-state index contributed by atoms with van der Waals surface area (Å²) >= 11 is 0. The number of hydrogen-bond acceptors (Lipinski definition) is 11. The van der Waals surface area contributed by atoms with E-state index in [4.69, 9.17) is 19.2 Å². The van der Waals surface area contributed by atoms with Gasteiger partial charge in [0.05, 0.1) is 24.1 Å². The predicted octanol–water partition coefficient (Wildman–Crippen LogP) is 4.55. The van der Waals surface area contributed by atoms with Crippen molar-refractivity contribution in [3.8, 4) is 39.8 Å². The second-order valence-corrected chi connectivity index (χ2v) is 15.2. The monoisotopic (exact) mass is 809 g/mol. The molecule has 0 spiro atoms. The zero-order valence-corrected chi connectivity index (χ0v) is 32.3. The summed E-state index contributed by atoms with van der Waals surface area (Å²) in [6.45, 7) is 3.87. The molecular weight excluding hydrogens is 769 g/mol. The number of rotatable bonds is 17. The normalized spacial score (nSPS) is 12.9. The number of carbonyl (C=O) groups is 3. The van der Waals surface area contributed by atoms with Crippen molar-refractivity contribution in [3.05, 3.63) is 114 Å². The van der Waals surface area contributed by atoms with Gasteiger partial charge < -0.3 is 30.0 Å². The zero-order valence-electron chi connectivity index (χ0n) is 31.5. The minimum atomic E-state index is -4.45. The minimum Gasteiger partial charge on any atom is -0.478 e. The SMILES string of the molecule is CC(C)(CCCCOc1cc(-c2ccc3c(c2)OCO3)cc(-c2ccccc2)n1)C(=O)NC(NC(=O)c1ccc([NH2+]N=Cc2ccccc2S(=O)(=O)O)nc1)C(=O)O. The number of ether oxygens (including phenoxy) is 3. The van der Waals surface area contributed by atoms with Crippen LogP contribution in [0.1, 0.15) is 49.0 Å².